The molecule has 0 spiro atoms. The van der Waals surface area contributed by atoms with E-state index in [-0.39, 0.29) is 0 Å². The van der Waals surface area contributed by atoms with Crippen LogP contribution in [0.1, 0.15) is 23.0 Å². The molecular weight excluding hydrogens is 178 g/mol. The molecule has 1 unspecified atom stereocenters. The van der Waals surface area contributed by atoms with Crippen molar-refractivity contribution in [1.29, 1.82) is 0 Å². The van der Waals surface area contributed by atoms with Crippen LogP contribution in [0, 0.1) is 0 Å². The summed E-state index contributed by atoms with van der Waals surface area (Å²) >= 11 is 1.24. The quantitative estimate of drug-likeness (QED) is 0.704. The van der Waals surface area contributed by atoms with E-state index in [0.29, 0.717) is 5.01 Å². The second kappa shape index (κ2) is 3.59. The highest BCUT2D eigenvalue weighted by Gasteiger charge is 2.18. The molecule has 3 N–H and O–H groups in total. The third kappa shape index (κ3) is 1.77. The van der Waals surface area contributed by atoms with E-state index in [1.54, 1.807) is 0 Å². The van der Waals surface area contributed by atoms with Crippen molar-refractivity contribution >= 4 is 17.3 Å². The molecule has 6 heteroatoms. The molecular formula is C6H9N3O2S. The maximum atomic E-state index is 10.4. The Morgan fingerprint density at radius 2 is 2.42 bits per heavy atom. The van der Waals surface area contributed by atoms with Gasteiger partial charge in [-0.2, -0.15) is 0 Å². The van der Waals surface area contributed by atoms with Gasteiger partial charge in [-0.25, -0.2) is 0 Å². The molecule has 66 valence electrons. The number of carboxylic acid groups (broad SMARTS) is 1. The third-order valence-corrected chi connectivity index (χ3v) is 2.47. The Kier molecular flexibility index (Phi) is 2.72. The SMILES string of the molecule is CCc1nnc(C(N)C(=O)O)s1. The van der Waals surface area contributed by atoms with Crippen molar-refractivity contribution in [3.05, 3.63) is 10.0 Å². The van der Waals surface area contributed by atoms with Crippen molar-refractivity contribution in [2.45, 2.75) is 19.4 Å². The number of carboxylic acids is 1. The topological polar surface area (TPSA) is 89.1 Å². The van der Waals surface area contributed by atoms with Crippen LogP contribution in [-0.4, -0.2) is 21.3 Å². The Morgan fingerprint density at radius 1 is 1.75 bits per heavy atom. The summed E-state index contributed by atoms with van der Waals surface area (Å²) in [5.74, 6) is -1.08. The third-order valence-electron chi connectivity index (χ3n) is 1.32. The van der Waals surface area contributed by atoms with Gasteiger partial charge in [-0.05, 0) is 6.42 Å². The van der Waals surface area contributed by atoms with E-state index < -0.39 is 12.0 Å². The molecule has 0 saturated carbocycles. The molecule has 1 aromatic rings. The van der Waals surface area contributed by atoms with Gasteiger partial charge in [0.25, 0.3) is 0 Å². The second-order valence-corrected chi connectivity index (χ2v) is 3.30. The standard InChI is InChI=1S/C6H9N3O2S/c1-2-3-8-9-5(12-3)4(7)6(10)11/h4H,2,7H2,1H3,(H,10,11). The first kappa shape index (κ1) is 9.08. The molecule has 1 atom stereocenters. The van der Waals surface area contributed by atoms with Crippen molar-refractivity contribution in [3.63, 3.8) is 0 Å². The van der Waals surface area contributed by atoms with Crippen molar-refractivity contribution in [1.82, 2.24) is 10.2 Å². The van der Waals surface area contributed by atoms with Crippen LogP contribution in [-0.2, 0) is 11.2 Å². The number of hydrogen-bond acceptors (Lipinski definition) is 5. The fourth-order valence-corrected chi connectivity index (χ4v) is 1.42. The highest BCUT2D eigenvalue weighted by Crippen LogP contribution is 2.16. The average Bonchev–Trinajstić information content (AvgIpc) is 2.50. The van der Waals surface area contributed by atoms with E-state index in [0.717, 1.165) is 11.4 Å². The highest BCUT2D eigenvalue weighted by atomic mass is 32.1. The van der Waals surface area contributed by atoms with Crippen LogP contribution in [0.5, 0.6) is 0 Å². The lowest BCUT2D eigenvalue weighted by atomic mass is 10.3. The number of rotatable bonds is 3. The summed E-state index contributed by atoms with van der Waals surface area (Å²) in [5.41, 5.74) is 5.31. The minimum Gasteiger partial charge on any atom is -0.480 e. The number of nitrogens with zero attached hydrogens (tertiary/aromatic N) is 2. The predicted molar refractivity (Wildman–Crippen MR) is 43.9 cm³/mol. The number of hydrogen-bond donors (Lipinski definition) is 2. The van der Waals surface area contributed by atoms with Gasteiger partial charge in [0.05, 0.1) is 0 Å². The largest absolute Gasteiger partial charge is 0.480 e. The minimum absolute atomic E-state index is 0.361. The average molecular weight is 187 g/mol. The molecule has 0 saturated heterocycles. The molecule has 0 bridgehead atoms. The van der Waals surface area contributed by atoms with Crippen molar-refractivity contribution < 1.29 is 9.90 Å². The van der Waals surface area contributed by atoms with Crippen LogP contribution in [0.15, 0.2) is 0 Å². The molecule has 0 fully saturated rings. The zero-order chi connectivity index (χ0) is 9.14. The predicted octanol–water partition coefficient (Wildman–Crippen LogP) is 0.185. The van der Waals surface area contributed by atoms with Gasteiger partial charge in [0.15, 0.2) is 6.04 Å². The van der Waals surface area contributed by atoms with Gasteiger partial charge >= 0.3 is 5.97 Å². The number of aromatic nitrogens is 2. The summed E-state index contributed by atoms with van der Waals surface area (Å²) in [4.78, 5) is 10.4. The first-order chi connectivity index (χ1) is 5.65. The van der Waals surface area contributed by atoms with Crippen LogP contribution < -0.4 is 5.73 Å². The molecule has 5 nitrogen and oxygen atoms in total. The molecule has 0 amide bonds. The van der Waals surface area contributed by atoms with Crippen LogP contribution in [0.2, 0.25) is 0 Å². The van der Waals surface area contributed by atoms with E-state index >= 15 is 0 Å². The molecule has 0 aliphatic carbocycles. The van der Waals surface area contributed by atoms with Gasteiger partial charge in [0.1, 0.15) is 10.0 Å². The van der Waals surface area contributed by atoms with Gasteiger partial charge in [-0.1, -0.05) is 18.3 Å². The van der Waals surface area contributed by atoms with Crippen LogP contribution in [0.4, 0.5) is 0 Å². The Labute approximate surface area is 73.2 Å². The number of carbonyl (C=O) groups is 1. The zero-order valence-corrected chi connectivity index (χ0v) is 7.34. The number of nitrogens with two attached hydrogens (primary N) is 1. The van der Waals surface area contributed by atoms with Gasteiger partial charge < -0.3 is 10.8 Å². The van der Waals surface area contributed by atoms with E-state index in [1.807, 2.05) is 6.92 Å². The monoisotopic (exact) mass is 187 g/mol. The van der Waals surface area contributed by atoms with Gasteiger partial charge in [-0.15, -0.1) is 10.2 Å². The summed E-state index contributed by atoms with van der Waals surface area (Å²) in [6.07, 6.45) is 0.754. The highest BCUT2D eigenvalue weighted by molar-refractivity contribution is 7.11. The summed E-state index contributed by atoms with van der Waals surface area (Å²) in [7, 11) is 0. The lowest BCUT2D eigenvalue weighted by Gasteiger charge is -1.97. The van der Waals surface area contributed by atoms with Crippen molar-refractivity contribution in [2.24, 2.45) is 5.73 Å². The Balaban J connectivity index is 2.81. The normalized spacial score (nSPS) is 12.8. The minimum atomic E-state index is -1.08. The summed E-state index contributed by atoms with van der Waals surface area (Å²) in [5, 5.41) is 17.1. The van der Waals surface area contributed by atoms with Gasteiger partial charge in [0, 0.05) is 0 Å². The molecule has 12 heavy (non-hydrogen) atoms. The second-order valence-electron chi connectivity index (χ2n) is 2.20. The molecule has 1 aromatic heterocycles. The lowest BCUT2D eigenvalue weighted by molar-refractivity contribution is -0.138. The number of aryl methyl sites for hydroxylation is 1. The Hall–Kier alpha value is -1.01. The zero-order valence-electron chi connectivity index (χ0n) is 6.52. The summed E-state index contributed by atoms with van der Waals surface area (Å²) in [6, 6.07) is -1.04. The fraction of sp³-hybridized carbons (Fsp3) is 0.500. The van der Waals surface area contributed by atoms with Gasteiger partial charge in [-0.3, -0.25) is 4.79 Å². The maximum Gasteiger partial charge on any atom is 0.327 e. The summed E-state index contributed by atoms with van der Waals surface area (Å²) < 4.78 is 0. The molecule has 1 heterocycles. The van der Waals surface area contributed by atoms with E-state index in [1.165, 1.54) is 11.3 Å². The van der Waals surface area contributed by atoms with E-state index in [2.05, 4.69) is 10.2 Å². The van der Waals surface area contributed by atoms with Crippen molar-refractivity contribution in [3.8, 4) is 0 Å². The molecule has 0 radical (unpaired) electrons. The first-order valence-corrected chi connectivity index (χ1v) is 4.27. The Bertz CT molecular complexity index is 286. The molecule has 1 rings (SSSR count). The molecule has 0 aliphatic heterocycles. The Morgan fingerprint density at radius 3 is 2.83 bits per heavy atom. The molecule has 0 aliphatic rings. The number of aliphatic carboxylic acids is 1. The summed E-state index contributed by atoms with van der Waals surface area (Å²) in [6.45, 7) is 1.93. The van der Waals surface area contributed by atoms with Crippen LogP contribution in [0.25, 0.3) is 0 Å². The van der Waals surface area contributed by atoms with Crippen molar-refractivity contribution in [2.75, 3.05) is 0 Å². The molecule has 0 aromatic carbocycles. The van der Waals surface area contributed by atoms with E-state index in [4.69, 9.17) is 10.8 Å². The van der Waals surface area contributed by atoms with Crippen LogP contribution >= 0.6 is 11.3 Å². The lowest BCUT2D eigenvalue weighted by Crippen LogP contribution is -2.20. The fourth-order valence-electron chi connectivity index (χ4n) is 0.641. The van der Waals surface area contributed by atoms with Crippen LogP contribution in [0.3, 0.4) is 0 Å². The van der Waals surface area contributed by atoms with E-state index in [9.17, 15) is 4.79 Å². The first-order valence-electron chi connectivity index (χ1n) is 3.45. The maximum absolute atomic E-state index is 10.4. The smallest absolute Gasteiger partial charge is 0.327 e. The van der Waals surface area contributed by atoms with Gasteiger partial charge in [0.2, 0.25) is 0 Å².